The fourth-order valence-electron chi connectivity index (χ4n) is 2.60. The quantitative estimate of drug-likeness (QED) is 0.714. The van der Waals surface area contributed by atoms with Crippen molar-refractivity contribution in [3.63, 3.8) is 0 Å². The summed E-state index contributed by atoms with van der Waals surface area (Å²) in [5, 5.41) is 8.50. The number of nitrogens with one attached hydrogen (secondary N) is 1. The maximum atomic E-state index is 11.5. The van der Waals surface area contributed by atoms with E-state index < -0.39 is 10.0 Å². The van der Waals surface area contributed by atoms with E-state index in [9.17, 15) is 8.42 Å². The number of nitrogen functional groups attached to an aromatic ring is 1. The van der Waals surface area contributed by atoms with Crippen LogP contribution in [0.25, 0.3) is 0 Å². The number of piperidine rings is 1. The molecule has 1 saturated heterocycles. The smallest absolute Gasteiger partial charge is 0.240 e. The van der Waals surface area contributed by atoms with Crippen LogP contribution in [0.2, 0.25) is 0 Å². The molecule has 1 fully saturated rings. The lowest BCUT2D eigenvalue weighted by Crippen LogP contribution is -2.42. The molecule has 0 aromatic heterocycles. The van der Waals surface area contributed by atoms with Gasteiger partial charge in [0.2, 0.25) is 10.0 Å². The molecule has 0 saturated carbocycles. The van der Waals surface area contributed by atoms with Gasteiger partial charge in [0.25, 0.3) is 0 Å². The van der Waals surface area contributed by atoms with Crippen LogP contribution in [-0.4, -0.2) is 39.0 Å². The van der Waals surface area contributed by atoms with Gasteiger partial charge in [-0.15, -0.1) is 0 Å². The Morgan fingerprint density at radius 1 is 1.45 bits per heavy atom. The summed E-state index contributed by atoms with van der Waals surface area (Å²) in [6.45, 7) is 5.21. The molecule has 20 heavy (non-hydrogen) atoms. The summed E-state index contributed by atoms with van der Waals surface area (Å²) in [5.41, 5.74) is 6.75. The molecule has 0 bridgehead atoms. The molecular formula is C13H22N4O2S. The molecule has 1 aliphatic rings. The molecule has 1 aromatic carbocycles. The summed E-state index contributed by atoms with van der Waals surface area (Å²) >= 11 is 0. The summed E-state index contributed by atoms with van der Waals surface area (Å²) in [6.07, 6.45) is 2.18. The van der Waals surface area contributed by atoms with E-state index in [2.05, 4.69) is 17.1 Å². The minimum atomic E-state index is -3.79. The Morgan fingerprint density at radius 3 is 2.85 bits per heavy atom. The predicted molar refractivity (Wildman–Crippen MR) is 81.0 cm³/mol. The van der Waals surface area contributed by atoms with E-state index in [0.29, 0.717) is 5.69 Å². The molecule has 5 N–H and O–H groups in total. The standard InChI is InChI=1S/C13H22N4O2S/c1-2-17-8-4-5-10(9-17)16-11-6-3-7-12(13(11)14)20(15,18)19/h3,6-7,10,16H,2,4-5,8-9,14H2,1H3,(H2,15,18,19). The minimum Gasteiger partial charge on any atom is -0.396 e. The molecule has 1 unspecified atom stereocenters. The third kappa shape index (κ3) is 3.41. The van der Waals surface area contributed by atoms with Gasteiger partial charge in [-0.3, -0.25) is 0 Å². The number of hydrogen-bond donors (Lipinski definition) is 3. The highest BCUT2D eigenvalue weighted by Gasteiger charge is 2.21. The largest absolute Gasteiger partial charge is 0.396 e. The molecule has 0 spiro atoms. The molecule has 2 rings (SSSR count). The van der Waals surface area contributed by atoms with Crippen molar-refractivity contribution < 1.29 is 8.42 Å². The highest BCUT2D eigenvalue weighted by molar-refractivity contribution is 7.89. The zero-order chi connectivity index (χ0) is 14.8. The van der Waals surface area contributed by atoms with Gasteiger partial charge in [0.1, 0.15) is 4.90 Å². The first-order valence-corrected chi connectivity index (χ1v) is 8.36. The lowest BCUT2D eigenvalue weighted by molar-refractivity contribution is 0.227. The van der Waals surface area contributed by atoms with Crippen molar-refractivity contribution in [2.45, 2.75) is 30.7 Å². The Balaban J connectivity index is 2.18. The molecule has 1 aliphatic heterocycles. The fourth-order valence-corrected chi connectivity index (χ4v) is 3.28. The predicted octanol–water partition coefficient (Wildman–Crippen LogP) is 0.812. The van der Waals surface area contributed by atoms with Crippen LogP contribution in [0.5, 0.6) is 0 Å². The number of nitrogens with two attached hydrogens (primary N) is 2. The first-order chi connectivity index (χ1) is 9.41. The first kappa shape index (κ1) is 15.1. The second-order valence-corrected chi connectivity index (χ2v) is 6.67. The Kier molecular flexibility index (Phi) is 4.52. The number of para-hydroxylation sites is 1. The van der Waals surface area contributed by atoms with Crippen molar-refractivity contribution in [3.8, 4) is 0 Å². The molecule has 0 radical (unpaired) electrons. The highest BCUT2D eigenvalue weighted by Crippen LogP contribution is 2.27. The number of likely N-dealkylation sites (tertiary alicyclic amines) is 1. The van der Waals surface area contributed by atoms with Gasteiger partial charge in [-0.2, -0.15) is 0 Å². The van der Waals surface area contributed by atoms with E-state index in [0.717, 1.165) is 32.5 Å². The number of primary sulfonamides is 1. The van der Waals surface area contributed by atoms with Gasteiger partial charge in [0, 0.05) is 12.6 Å². The molecule has 6 nitrogen and oxygen atoms in total. The summed E-state index contributed by atoms with van der Waals surface area (Å²) in [4.78, 5) is 2.34. The highest BCUT2D eigenvalue weighted by atomic mass is 32.2. The summed E-state index contributed by atoms with van der Waals surface area (Å²) in [7, 11) is -3.79. The average molecular weight is 298 g/mol. The molecular weight excluding hydrogens is 276 g/mol. The molecule has 0 amide bonds. The Labute approximate surface area is 120 Å². The van der Waals surface area contributed by atoms with Crippen molar-refractivity contribution in [1.82, 2.24) is 4.90 Å². The van der Waals surface area contributed by atoms with E-state index in [-0.39, 0.29) is 16.6 Å². The average Bonchev–Trinajstić information content (AvgIpc) is 2.40. The van der Waals surface area contributed by atoms with Crippen molar-refractivity contribution in [1.29, 1.82) is 0 Å². The SMILES string of the molecule is CCN1CCCC(Nc2cccc(S(N)(=O)=O)c2N)C1. The van der Waals surface area contributed by atoms with Gasteiger partial charge in [-0.1, -0.05) is 13.0 Å². The first-order valence-electron chi connectivity index (χ1n) is 6.82. The number of anilines is 2. The summed E-state index contributed by atoms with van der Waals surface area (Å²) < 4.78 is 22.9. The summed E-state index contributed by atoms with van der Waals surface area (Å²) in [5.74, 6) is 0. The maximum absolute atomic E-state index is 11.5. The van der Waals surface area contributed by atoms with Crippen LogP contribution in [0.3, 0.4) is 0 Å². The van der Waals surface area contributed by atoms with Crippen molar-refractivity contribution in [2.75, 3.05) is 30.7 Å². The van der Waals surface area contributed by atoms with Crippen molar-refractivity contribution >= 4 is 21.4 Å². The zero-order valence-electron chi connectivity index (χ0n) is 11.7. The van der Waals surface area contributed by atoms with Crippen molar-refractivity contribution in [3.05, 3.63) is 18.2 Å². The molecule has 112 valence electrons. The second-order valence-electron chi connectivity index (χ2n) is 5.14. The van der Waals surface area contributed by atoms with Crippen LogP contribution in [0.15, 0.2) is 23.1 Å². The van der Waals surface area contributed by atoms with Crippen LogP contribution in [0, 0.1) is 0 Å². The number of likely N-dealkylation sites (N-methyl/N-ethyl adjacent to an activating group) is 1. The normalized spacial score (nSPS) is 20.8. The van der Waals surface area contributed by atoms with Gasteiger partial charge >= 0.3 is 0 Å². The van der Waals surface area contributed by atoms with E-state index in [1.54, 1.807) is 12.1 Å². The monoisotopic (exact) mass is 298 g/mol. The van der Waals surface area contributed by atoms with E-state index in [1.807, 2.05) is 0 Å². The number of nitrogens with zero attached hydrogens (tertiary/aromatic N) is 1. The zero-order valence-corrected chi connectivity index (χ0v) is 12.5. The fraction of sp³-hybridized carbons (Fsp3) is 0.538. The van der Waals surface area contributed by atoms with Crippen LogP contribution in [0.4, 0.5) is 11.4 Å². The second kappa shape index (κ2) is 5.99. The Morgan fingerprint density at radius 2 is 2.20 bits per heavy atom. The Hall–Kier alpha value is -1.31. The molecule has 1 atom stereocenters. The number of hydrogen-bond acceptors (Lipinski definition) is 5. The lowest BCUT2D eigenvalue weighted by atomic mass is 10.1. The minimum absolute atomic E-state index is 0.0225. The number of benzene rings is 1. The van der Waals surface area contributed by atoms with Gasteiger partial charge in [-0.25, -0.2) is 13.6 Å². The van der Waals surface area contributed by atoms with Crippen molar-refractivity contribution in [2.24, 2.45) is 5.14 Å². The molecule has 1 aromatic rings. The van der Waals surface area contributed by atoms with Crippen LogP contribution < -0.4 is 16.2 Å². The van der Waals surface area contributed by atoms with Gasteiger partial charge < -0.3 is 16.0 Å². The number of sulfonamides is 1. The van der Waals surface area contributed by atoms with Crippen LogP contribution >= 0.6 is 0 Å². The van der Waals surface area contributed by atoms with Gasteiger partial charge in [-0.05, 0) is 38.1 Å². The number of rotatable bonds is 4. The van der Waals surface area contributed by atoms with Gasteiger partial charge in [0.15, 0.2) is 0 Å². The molecule has 0 aliphatic carbocycles. The molecule has 7 heteroatoms. The van der Waals surface area contributed by atoms with E-state index in [1.165, 1.54) is 6.07 Å². The van der Waals surface area contributed by atoms with Crippen LogP contribution in [0.1, 0.15) is 19.8 Å². The third-order valence-electron chi connectivity index (χ3n) is 3.68. The Bertz CT molecular complexity index is 574. The van der Waals surface area contributed by atoms with E-state index >= 15 is 0 Å². The van der Waals surface area contributed by atoms with Gasteiger partial charge in [0.05, 0.1) is 11.4 Å². The summed E-state index contributed by atoms with van der Waals surface area (Å²) in [6, 6.07) is 5.14. The molecule has 1 heterocycles. The topological polar surface area (TPSA) is 101 Å². The third-order valence-corrected chi connectivity index (χ3v) is 4.65. The van der Waals surface area contributed by atoms with E-state index in [4.69, 9.17) is 10.9 Å². The lowest BCUT2D eigenvalue weighted by Gasteiger charge is -2.33. The van der Waals surface area contributed by atoms with Crippen LogP contribution in [-0.2, 0) is 10.0 Å². The maximum Gasteiger partial charge on any atom is 0.240 e.